The highest BCUT2D eigenvalue weighted by molar-refractivity contribution is 7.80. The molecule has 30 heavy (non-hydrogen) atoms. The largest absolute Gasteiger partial charge is 0.351 e. The van der Waals surface area contributed by atoms with Crippen LogP contribution >= 0.6 is 12.2 Å². The maximum absolute atomic E-state index is 13.9. The number of nitrogens with one attached hydrogen (secondary N) is 1. The van der Waals surface area contributed by atoms with Crippen molar-refractivity contribution in [1.82, 2.24) is 20.4 Å². The predicted octanol–water partition coefficient (Wildman–Crippen LogP) is 5.09. The number of nitrogens with zero attached hydrogens (tertiary/aromatic N) is 3. The summed E-state index contributed by atoms with van der Waals surface area (Å²) in [5, 5.41) is 7.91. The quantitative estimate of drug-likeness (QED) is 0.574. The summed E-state index contributed by atoms with van der Waals surface area (Å²) in [4.78, 5) is 6.51. The zero-order valence-electron chi connectivity index (χ0n) is 16.5. The van der Waals surface area contributed by atoms with E-state index in [0.717, 1.165) is 24.2 Å². The normalized spacial score (nSPS) is 16.7. The summed E-state index contributed by atoms with van der Waals surface area (Å²) in [5.41, 5.74) is 2.92. The van der Waals surface area contributed by atoms with Crippen molar-refractivity contribution in [3.05, 3.63) is 77.3 Å². The van der Waals surface area contributed by atoms with E-state index in [-0.39, 0.29) is 11.6 Å². The van der Waals surface area contributed by atoms with E-state index in [1.54, 1.807) is 18.2 Å². The Hall–Kier alpha value is -3.13. The first kappa shape index (κ1) is 20.2. The number of halogens is 2. The van der Waals surface area contributed by atoms with Gasteiger partial charge in [0.1, 0.15) is 11.6 Å². The monoisotopic (exact) mass is 426 g/mol. The first-order valence-corrected chi connectivity index (χ1v) is 10.0. The number of rotatable bonds is 5. The SMILES string of the molecule is CCCN1C(=S)NC(c2cccc(F)c2)C(c2nc(-c3ccc(F)cc3)no2)=C1C. The summed E-state index contributed by atoms with van der Waals surface area (Å²) < 4.78 is 32.8. The number of aromatic nitrogens is 2. The molecule has 0 saturated carbocycles. The zero-order chi connectivity index (χ0) is 21.3. The molecule has 0 amide bonds. The average molecular weight is 426 g/mol. The molecule has 0 spiro atoms. The molecule has 0 saturated heterocycles. The van der Waals surface area contributed by atoms with Crippen LogP contribution < -0.4 is 5.32 Å². The smallest absolute Gasteiger partial charge is 0.258 e. The summed E-state index contributed by atoms with van der Waals surface area (Å²) in [7, 11) is 0. The van der Waals surface area contributed by atoms with Crippen molar-refractivity contribution in [2.75, 3.05) is 6.54 Å². The molecule has 3 aromatic rings. The molecule has 2 heterocycles. The molecule has 154 valence electrons. The number of hydrogen-bond donors (Lipinski definition) is 1. The Morgan fingerprint density at radius 3 is 2.60 bits per heavy atom. The highest BCUT2D eigenvalue weighted by Gasteiger charge is 2.33. The van der Waals surface area contributed by atoms with E-state index in [1.807, 2.05) is 17.9 Å². The minimum atomic E-state index is -0.442. The van der Waals surface area contributed by atoms with Crippen molar-refractivity contribution in [2.45, 2.75) is 26.3 Å². The average Bonchev–Trinajstić information content (AvgIpc) is 3.21. The van der Waals surface area contributed by atoms with Gasteiger partial charge in [-0.2, -0.15) is 4.98 Å². The summed E-state index contributed by atoms with van der Waals surface area (Å²) in [6.45, 7) is 4.72. The lowest BCUT2D eigenvalue weighted by atomic mass is 9.94. The second-order valence-electron chi connectivity index (χ2n) is 7.02. The molecular weight excluding hydrogens is 406 g/mol. The van der Waals surface area contributed by atoms with E-state index in [9.17, 15) is 8.78 Å². The molecule has 1 aliphatic heterocycles. The van der Waals surface area contributed by atoms with Gasteiger partial charge in [-0.15, -0.1) is 0 Å². The van der Waals surface area contributed by atoms with Crippen LogP contribution in [0.1, 0.15) is 37.8 Å². The lowest BCUT2D eigenvalue weighted by Crippen LogP contribution is -2.46. The number of thiocarbonyl (C=S) groups is 1. The molecule has 0 fully saturated rings. The van der Waals surface area contributed by atoms with Crippen molar-refractivity contribution >= 4 is 22.9 Å². The van der Waals surface area contributed by atoms with Gasteiger partial charge in [0.15, 0.2) is 5.11 Å². The fraction of sp³-hybridized carbons (Fsp3) is 0.227. The van der Waals surface area contributed by atoms with Gasteiger partial charge in [0, 0.05) is 17.8 Å². The van der Waals surface area contributed by atoms with Crippen molar-refractivity contribution in [2.24, 2.45) is 0 Å². The van der Waals surface area contributed by atoms with Crippen molar-refractivity contribution < 1.29 is 13.3 Å². The molecule has 4 rings (SSSR count). The molecule has 0 radical (unpaired) electrons. The summed E-state index contributed by atoms with van der Waals surface area (Å²) in [5.74, 6) is -0.0335. The summed E-state index contributed by atoms with van der Waals surface area (Å²) in [6.07, 6.45) is 0.891. The van der Waals surface area contributed by atoms with Crippen LogP contribution in [0, 0.1) is 11.6 Å². The van der Waals surface area contributed by atoms with Gasteiger partial charge in [-0.25, -0.2) is 8.78 Å². The fourth-order valence-electron chi connectivity index (χ4n) is 3.54. The lowest BCUT2D eigenvalue weighted by molar-refractivity contribution is 0.396. The standard InChI is InChI=1S/C22H20F2N4OS/c1-3-11-28-13(2)18(19(25-22(28)30)15-5-4-6-17(24)12-15)21-26-20(27-29-21)14-7-9-16(23)10-8-14/h4-10,12,19H,3,11H2,1-2H3,(H,25,30). The Morgan fingerprint density at radius 2 is 1.90 bits per heavy atom. The first-order chi connectivity index (χ1) is 14.5. The van der Waals surface area contributed by atoms with Crippen LogP contribution in [0.2, 0.25) is 0 Å². The highest BCUT2D eigenvalue weighted by atomic mass is 32.1. The minimum absolute atomic E-state index is 0.303. The molecule has 5 nitrogen and oxygen atoms in total. The Labute approximate surface area is 178 Å². The number of allylic oxidation sites excluding steroid dienone is 1. The van der Waals surface area contributed by atoms with Crippen molar-refractivity contribution in [3.63, 3.8) is 0 Å². The maximum atomic E-state index is 13.9. The Bertz CT molecular complexity index is 1110. The maximum Gasteiger partial charge on any atom is 0.258 e. The summed E-state index contributed by atoms with van der Waals surface area (Å²) in [6, 6.07) is 11.7. The van der Waals surface area contributed by atoms with Gasteiger partial charge in [-0.05, 0) is 67.5 Å². The highest BCUT2D eigenvalue weighted by Crippen LogP contribution is 2.37. The first-order valence-electron chi connectivity index (χ1n) is 9.62. The molecule has 0 aliphatic carbocycles. The molecule has 1 unspecified atom stereocenters. The van der Waals surface area contributed by atoms with Crippen LogP contribution in [0.4, 0.5) is 8.78 Å². The van der Waals surface area contributed by atoms with Gasteiger partial charge in [0.2, 0.25) is 5.82 Å². The van der Waals surface area contributed by atoms with Crippen LogP contribution in [0.25, 0.3) is 17.0 Å². The van der Waals surface area contributed by atoms with Gasteiger partial charge in [0.25, 0.3) is 5.89 Å². The number of benzene rings is 2. The third-order valence-corrected chi connectivity index (χ3v) is 5.32. The van der Waals surface area contributed by atoms with Crippen LogP contribution in [0.15, 0.2) is 58.8 Å². The van der Waals surface area contributed by atoms with Crippen molar-refractivity contribution in [3.8, 4) is 11.4 Å². The Kier molecular flexibility index (Phi) is 5.59. The van der Waals surface area contributed by atoms with E-state index < -0.39 is 6.04 Å². The Balaban J connectivity index is 1.81. The molecular formula is C22H20F2N4OS. The van der Waals surface area contributed by atoms with Crippen LogP contribution in [-0.4, -0.2) is 26.7 Å². The van der Waals surface area contributed by atoms with Gasteiger partial charge in [-0.3, -0.25) is 0 Å². The molecule has 1 N–H and O–H groups in total. The van der Waals surface area contributed by atoms with Crippen LogP contribution in [0.5, 0.6) is 0 Å². The van der Waals surface area contributed by atoms with Gasteiger partial charge >= 0.3 is 0 Å². The van der Waals surface area contributed by atoms with E-state index in [0.29, 0.717) is 28.0 Å². The fourth-order valence-corrected chi connectivity index (χ4v) is 3.88. The van der Waals surface area contributed by atoms with Gasteiger partial charge in [0.05, 0.1) is 11.6 Å². The zero-order valence-corrected chi connectivity index (χ0v) is 17.3. The molecule has 2 aromatic carbocycles. The predicted molar refractivity (Wildman–Crippen MR) is 114 cm³/mol. The van der Waals surface area contributed by atoms with Crippen LogP contribution in [0.3, 0.4) is 0 Å². The van der Waals surface area contributed by atoms with E-state index in [2.05, 4.69) is 22.4 Å². The van der Waals surface area contributed by atoms with E-state index in [4.69, 9.17) is 16.7 Å². The second-order valence-corrected chi connectivity index (χ2v) is 7.40. The lowest BCUT2D eigenvalue weighted by Gasteiger charge is -2.37. The molecule has 1 atom stereocenters. The van der Waals surface area contributed by atoms with E-state index >= 15 is 0 Å². The second kappa shape index (κ2) is 8.31. The van der Waals surface area contributed by atoms with Crippen LogP contribution in [-0.2, 0) is 0 Å². The topological polar surface area (TPSA) is 54.2 Å². The van der Waals surface area contributed by atoms with Crippen molar-refractivity contribution in [1.29, 1.82) is 0 Å². The summed E-state index contributed by atoms with van der Waals surface area (Å²) >= 11 is 5.56. The molecule has 0 bridgehead atoms. The third kappa shape index (κ3) is 3.82. The third-order valence-electron chi connectivity index (χ3n) is 4.98. The van der Waals surface area contributed by atoms with Gasteiger partial charge in [-0.1, -0.05) is 24.2 Å². The minimum Gasteiger partial charge on any atom is -0.351 e. The molecule has 1 aromatic heterocycles. The molecule has 1 aliphatic rings. The Morgan fingerprint density at radius 1 is 1.13 bits per heavy atom. The number of hydrogen-bond acceptors (Lipinski definition) is 4. The van der Waals surface area contributed by atoms with Gasteiger partial charge < -0.3 is 14.7 Å². The molecule has 8 heteroatoms. The van der Waals surface area contributed by atoms with E-state index in [1.165, 1.54) is 24.3 Å².